The molecular weight excluding hydrogens is 286 g/mol. The molecule has 2 nitrogen and oxygen atoms in total. The van der Waals surface area contributed by atoms with Crippen LogP contribution in [0.25, 0.3) is 0 Å². The van der Waals surface area contributed by atoms with E-state index in [9.17, 15) is 14.6 Å². The molecule has 0 spiro atoms. The molecule has 0 fully saturated rings. The molecule has 0 radical (unpaired) electrons. The van der Waals surface area contributed by atoms with Crippen LogP contribution in [0.5, 0.6) is 0 Å². The number of hydrogen-bond donors (Lipinski definition) is 2. The summed E-state index contributed by atoms with van der Waals surface area (Å²) < 4.78 is 12.8. The average Bonchev–Trinajstić information content (AvgIpc) is 2.21. The van der Waals surface area contributed by atoms with E-state index in [0.29, 0.717) is 17.3 Å². The average molecular weight is 298 g/mol. The van der Waals surface area contributed by atoms with Crippen LogP contribution < -0.4 is 0 Å². The van der Waals surface area contributed by atoms with Crippen LogP contribution >= 0.6 is 27.5 Å². The molecule has 5 heteroatoms. The molecule has 0 aliphatic heterocycles. The van der Waals surface area contributed by atoms with Crippen LogP contribution in [-0.4, -0.2) is 21.6 Å². The minimum Gasteiger partial charge on any atom is -0.390 e. The van der Waals surface area contributed by atoms with Crippen molar-refractivity contribution in [1.82, 2.24) is 0 Å². The molecule has 15 heavy (non-hydrogen) atoms. The Balaban J connectivity index is 2.81. The number of hydrogen-bond acceptors (Lipinski definition) is 2. The molecule has 0 aliphatic carbocycles. The van der Waals surface area contributed by atoms with Crippen molar-refractivity contribution in [2.75, 3.05) is 5.33 Å². The van der Waals surface area contributed by atoms with Crippen LogP contribution in [0.4, 0.5) is 4.39 Å². The first-order valence-corrected chi connectivity index (χ1v) is 5.93. The lowest BCUT2D eigenvalue weighted by Crippen LogP contribution is -2.18. The Morgan fingerprint density at radius 1 is 1.40 bits per heavy atom. The van der Waals surface area contributed by atoms with E-state index in [-0.39, 0.29) is 5.02 Å². The van der Waals surface area contributed by atoms with Crippen LogP contribution in [0, 0.1) is 5.82 Å². The predicted molar refractivity (Wildman–Crippen MR) is 60.8 cm³/mol. The van der Waals surface area contributed by atoms with E-state index in [1.54, 1.807) is 0 Å². The summed E-state index contributed by atoms with van der Waals surface area (Å²) in [6.45, 7) is 0. The van der Waals surface area contributed by atoms with Gasteiger partial charge in [0.25, 0.3) is 0 Å². The lowest BCUT2D eigenvalue weighted by atomic mass is 10.0. The molecule has 0 amide bonds. The summed E-state index contributed by atoms with van der Waals surface area (Å²) in [6, 6.07) is 3.89. The quantitative estimate of drug-likeness (QED) is 0.839. The normalized spacial score (nSPS) is 15.0. The first kappa shape index (κ1) is 12.9. The van der Waals surface area contributed by atoms with Crippen LogP contribution in [0.1, 0.15) is 18.1 Å². The Kier molecular flexibility index (Phi) is 4.99. The molecule has 1 aromatic carbocycles. The SMILES string of the molecule is OC(CCBr)C(O)c1ccc(F)c(Cl)c1. The largest absolute Gasteiger partial charge is 0.390 e. The summed E-state index contributed by atoms with van der Waals surface area (Å²) in [4.78, 5) is 0. The predicted octanol–water partition coefficient (Wildman–Crippen LogP) is 2.66. The Labute approximate surface area is 101 Å². The molecule has 84 valence electrons. The van der Waals surface area contributed by atoms with Crippen LogP contribution in [0.2, 0.25) is 5.02 Å². The second-order valence-corrected chi connectivity index (χ2v) is 4.36. The Hall–Kier alpha value is -0.160. The van der Waals surface area contributed by atoms with Crippen molar-refractivity contribution < 1.29 is 14.6 Å². The van der Waals surface area contributed by atoms with Crippen molar-refractivity contribution in [3.8, 4) is 0 Å². The van der Waals surface area contributed by atoms with Gasteiger partial charge in [-0.3, -0.25) is 0 Å². The maximum absolute atomic E-state index is 12.8. The summed E-state index contributed by atoms with van der Waals surface area (Å²) in [5.41, 5.74) is 0.412. The second-order valence-electron chi connectivity index (χ2n) is 3.16. The first-order chi connectivity index (χ1) is 7.06. The van der Waals surface area contributed by atoms with Gasteiger partial charge in [-0.1, -0.05) is 33.6 Å². The third-order valence-corrected chi connectivity index (χ3v) is 2.80. The Bertz CT molecular complexity index is 335. The van der Waals surface area contributed by atoms with Crippen molar-refractivity contribution in [3.05, 3.63) is 34.6 Å². The summed E-state index contributed by atoms with van der Waals surface area (Å²) in [6.07, 6.45) is -1.51. The minimum absolute atomic E-state index is 0.0578. The topological polar surface area (TPSA) is 40.5 Å². The lowest BCUT2D eigenvalue weighted by Gasteiger charge is -2.17. The second kappa shape index (κ2) is 5.80. The highest BCUT2D eigenvalue weighted by Gasteiger charge is 2.18. The van der Waals surface area contributed by atoms with Crippen molar-refractivity contribution >= 4 is 27.5 Å². The van der Waals surface area contributed by atoms with Gasteiger partial charge in [0.15, 0.2) is 0 Å². The maximum Gasteiger partial charge on any atom is 0.141 e. The number of benzene rings is 1. The highest BCUT2D eigenvalue weighted by molar-refractivity contribution is 9.09. The van der Waals surface area contributed by atoms with Gasteiger partial charge in [-0.25, -0.2) is 4.39 Å². The number of halogens is 3. The van der Waals surface area contributed by atoms with E-state index < -0.39 is 18.0 Å². The van der Waals surface area contributed by atoms with Crippen LogP contribution in [0.3, 0.4) is 0 Å². The zero-order valence-corrected chi connectivity index (χ0v) is 10.2. The molecule has 0 saturated carbocycles. The summed E-state index contributed by atoms with van der Waals surface area (Å²) in [5, 5.41) is 19.7. The van der Waals surface area contributed by atoms with E-state index in [4.69, 9.17) is 11.6 Å². The summed E-state index contributed by atoms with van der Waals surface area (Å²) in [7, 11) is 0. The van der Waals surface area contributed by atoms with Gasteiger partial charge in [0.2, 0.25) is 0 Å². The molecule has 2 N–H and O–H groups in total. The molecule has 1 aromatic rings. The number of alkyl halides is 1. The number of rotatable bonds is 4. The van der Waals surface area contributed by atoms with Gasteiger partial charge in [-0.2, -0.15) is 0 Å². The molecule has 1 rings (SSSR count). The highest BCUT2D eigenvalue weighted by atomic mass is 79.9. The highest BCUT2D eigenvalue weighted by Crippen LogP contribution is 2.24. The molecule has 0 aromatic heterocycles. The molecule has 2 unspecified atom stereocenters. The molecule has 0 bridgehead atoms. The molecule has 0 heterocycles. The zero-order valence-electron chi connectivity index (χ0n) is 7.83. The van der Waals surface area contributed by atoms with Gasteiger partial charge >= 0.3 is 0 Å². The molecule has 0 aliphatic rings. The number of aliphatic hydroxyl groups is 2. The van der Waals surface area contributed by atoms with Gasteiger partial charge in [0.1, 0.15) is 11.9 Å². The first-order valence-electron chi connectivity index (χ1n) is 4.43. The van der Waals surface area contributed by atoms with Crippen molar-refractivity contribution in [1.29, 1.82) is 0 Å². The summed E-state index contributed by atoms with van der Waals surface area (Å²) >= 11 is 8.72. The monoisotopic (exact) mass is 296 g/mol. The van der Waals surface area contributed by atoms with Gasteiger partial charge in [0, 0.05) is 5.33 Å². The van der Waals surface area contributed by atoms with Crippen LogP contribution in [-0.2, 0) is 0 Å². The fourth-order valence-electron chi connectivity index (χ4n) is 1.19. The lowest BCUT2D eigenvalue weighted by molar-refractivity contribution is 0.0173. The van der Waals surface area contributed by atoms with Gasteiger partial charge in [-0.15, -0.1) is 0 Å². The Morgan fingerprint density at radius 2 is 2.07 bits per heavy atom. The van der Waals surface area contributed by atoms with Crippen molar-refractivity contribution in [2.24, 2.45) is 0 Å². The van der Waals surface area contributed by atoms with Gasteiger partial charge in [-0.05, 0) is 24.1 Å². The minimum atomic E-state index is -1.04. The van der Waals surface area contributed by atoms with Crippen LogP contribution in [0.15, 0.2) is 18.2 Å². The molecular formula is C10H11BrClFO2. The van der Waals surface area contributed by atoms with E-state index >= 15 is 0 Å². The fourth-order valence-corrected chi connectivity index (χ4v) is 1.85. The standard InChI is InChI=1S/C10H11BrClFO2/c11-4-3-9(14)10(15)6-1-2-8(13)7(12)5-6/h1-2,5,9-10,14-15H,3-4H2. The van der Waals surface area contributed by atoms with E-state index in [0.717, 1.165) is 0 Å². The third kappa shape index (κ3) is 3.41. The Morgan fingerprint density at radius 3 is 2.60 bits per heavy atom. The zero-order chi connectivity index (χ0) is 11.4. The third-order valence-electron chi connectivity index (χ3n) is 2.05. The van der Waals surface area contributed by atoms with Crippen molar-refractivity contribution in [3.63, 3.8) is 0 Å². The van der Waals surface area contributed by atoms with Gasteiger partial charge in [0.05, 0.1) is 11.1 Å². The van der Waals surface area contributed by atoms with Crippen molar-refractivity contribution in [2.45, 2.75) is 18.6 Å². The van der Waals surface area contributed by atoms with E-state index in [1.165, 1.54) is 18.2 Å². The molecule has 2 atom stereocenters. The van der Waals surface area contributed by atoms with E-state index in [2.05, 4.69) is 15.9 Å². The van der Waals surface area contributed by atoms with Gasteiger partial charge < -0.3 is 10.2 Å². The van der Waals surface area contributed by atoms with E-state index in [1.807, 2.05) is 0 Å². The smallest absolute Gasteiger partial charge is 0.141 e. The molecule has 0 saturated heterocycles. The number of aliphatic hydroxyl groups excluding tert-OH is 2. The fraction of sp³-hybridized carbons (Fsp3) is 0.400. The maximum atomic E-state index is 12.8. The summed E-state index contributed by atoms with van der Waals surface area (Å²) in [5.74, 6) is -0.539.